The van der Waals surface area contributed by atoms with E-state index in [4.69, 9.17) is 0 Å². The Kier molecular flexibility index (Phi) is 5.30. The van der Waals surface area contributed by atoms with E-state index in [1.54, 1.807) is 23.1 Å². The summed E-state index contributed by atoms with van der Waals surface area (Å²) < 4.78 is 30.3. The van der Waals surface area contributed by atoms with Gasteiger partial charge in [0.15, 0.2) is 0 Å². The zero-order chi connectivity index (χ0) is 17.0. The SMILES string of the molecule is CC(C(O)C(C)(C)Cc1ccc(OC(F)F)cc1)n1cncn1. The van der Waals surface area contributed by atoms with Crippen molar-refractivity contribution in [3.05, 3.63) is 42.5 Å². The van der Waals surface area contributed by atoms with Crippen molar-refractivity contribution in [2.24, 2.45) is 5.41 Å². The molecule has 1 heterocycles. The molecule has 5 nitrogen and oxygen atoms in total. The van der Waals surface area contributed by atoms with Crippen molar-refractivity contribution in [2.45, 2.75) is 45.9 Å². The molecule has 0 spiro atoms. The van der Waals surface area contributed by atoms with Gasteiger partial charge in [-0.25, -0.2) is 9.67 Å². The molecule has 0 bridgehead atoms. The summed E-state index contributed by atoms with van der Waals surface area (Å²) in [5.74, 6) is 0.123. The number of halogens is 2. The highest BCUT2D eigenvalue weighted by atomic mass is 19.3. The summed E-state index contributed by atoms with van der Waals surface area (Å²) >= 11 is 0. The fourth-order valence-electron chi connectivity index (χ4n) is 2.64. The highest BCUT2D eigenvalue weighted by Crippen LogP contribution is 2.32. The normalized spacial score (nSPS) is 14.7. The summed E-state index contributed by atoms with van der Waals surface area (Å²) in [5.41, 5.74) is 0.498. The van der Waals surface area contributed by atoms with Crippen LogP contribution in [0, 0.1) is 5.41 Å². The van der Waals surface area contributed by atoms with Crippen LogP contribution in [0.15, 0.2) is 36.9 Å². The molecule has 0 radical (unpaired) electrons. The number of aromatic nitrogens is 3. The lowest BCUT2D eigenvalue weighted by Crippen LogP contribution is -2.38. The molecule has 0 fully saturated rings. The number of hydrogen-bond acceptors (Lipinski definition) is 4. The molecule has 1 aromatic heterocycles. The van der Waals surface area contributed by atoms with Crippen molar-refractivity contribution in [3.8, 4) is 5.75 Å². The lowest BCUT2D eigenvalue weighted by molar-refractivity contribution is -0.0498. The Balaban J connectivity index is 2.04. The number of aliphatic hydroxyl groups is 1. The Labute approximate surface area is 133 Å². The molecule has 2 aromatic rings. The smallest absolute Gasteiger partial charge is 0.387 e. The summed E-state index contributed by atoms with van der Waals surface area (Å²) in [6.07, 6.45) is 2.93. The first-order valence-electron chi connectivity index (χ1n) is 7.35. The van der Waals surface area contributed by atoms with Crippen LogP contribution in [-0.2, 0) is 6.42 Å². The molecule has 0 saturated heterocycles. The summed E-state index contributed by atoms with van der Waals surface area (Å²) in [7, 11) is 0. The van der Waals surface area contributed by atoms with E-state index in [0.717, 1.165) is 5.56 Å². The predicted molar refractivity (Wildman–Crippen MR) is 81.3 cm³/mol. The maximum atomic E-state index is 12.2. The fraction of sp³-hybridized carbons (Fsp3) is 0.500. The van der Waals surface area contributed by atoms with Gasteiger partial charge in [0.25, 0.3) is 0 Å². The van der Waals surface area contributed by atoms with E-state index in [0.29, 0.717) is 6.42 Å². The highest BCUT2D eigenvalue weighted by Gasteiger charge is 2.33. The molecule has 23 heavy (non-hydrogen) atoms. The minimum atomic E-state index is -2.83. The van der Waals surface area contributed by atoms with Crippen molar-refractivity contribution in [1.29, 1.82) is 0 Å². The van der Waals surface area contributed by atoms with Crippen LogP contribution < -0.4 is 4.74 Å². The molecule has 7 heteroatoms. The summed E-state index contributed by atoms with van der Waals surface area (Å²) in [5, 5.41) is 14.7. The van der Waals surface area contributed by atoms with Crippen molar-refractivity contribution in [2.75, 3.05) is 0 Å². The van der Waals surface area contributed by atoms with Gasteiger partial charge in [-0.15, -0.1) is 0 Å². The van der Waals surface area contributed by atoms with Gasteiger partial charge in [-0.3, -0.25) is 0 Å². The molecule has 2 atom stereocenters. The molecule has 1 aromatic carbocycles. The van der Waals surface area contributed by atoms with Crippen LogP contribution in [0.5, 0.6) is 5.75 Å². The van der Waals surface area contributed by atoms with E-state index < -0.39 is 18.1 Å². The van der Waals surface area contributed by atoms with Gasteiger partial charge in [0, 0.05) is 0 Å². The van der Waals surface area contributed by atoms with Crippen LogP contribution in [0.4, 0.5) is 8.78 Å². The molecule has 0 saturated carbocycles. The van der Waals surface area contributed by atoms with Gasteiger partial charge >= 0.3 is 6.61 Å². The molecule has 0 aliphatic rings. The molecule has 2 rings (SSSR count). The summed E-state index contributed by atoms with van der Waals surface area (Å²) in [6.45, 7) is 2.95. The van der Waals surface area contributed by atoms with E-state index in [1.165, 1.54) is 18.5 Å². The van der Waals surface area contributed by atoms with Crippen LogP contribution in [0.2, 0.25) is 0 Å². The van der Waals surface area contributed by atoms with Gasteiger partial charge in [0.2, 0.25) is 0 Å². The summed E-state index contributed by atoms with van der Waals surface area (Å²) in [4.78, 5) is 3.89. The number of rotatable bonds is 7. The van der Waals surface area contributed by atoms with E-state index in [2.05, 4.69) is 14.8 Å². The number of benzene rings is 1. The Bertz CT molecular complexity index is 600. The lowest BCUT2D eigenvalue weighted by Gasteiger charge is -2.34. The fourth-order valence-corrected chi connectivity index (χ4v) is 2.64. The van der Waals surface area contributed by atoms with Crippen molar-refractivity contribution < 1.29 is 18.6 Å². The van der Waals surface area contributed by atoms with E-state index in [9.17, 15) is 13.9 Å². The third kappa shape index (κ3) is 4.48. The molecule has 0 amide bonds. The largest absolute Gasteiger partial charge is 0.435 e. The molecule has 0 aliphatic heterocycles. The number of nitrogens with zero attached hydrogens (tertiary/aromatic N) is 3. The first-order chi connectivity index (χ1) is 10.8. The number of aliphatic hydroxyl groups excluding tert-OH is 1. The van der Waals surface area contributed by atoms with E-state index >= 15 is 0 Å². The standard InChI is InChI=1S/C16H21F2N3O2/c1-11(21-10-19-9-20-21)14(22)16(2,3)8-12-4-6-13(7-5-12)23-15(17)18/h4-7,9-11,14-15,22H,8H2,1-3H3. The van der Waals surface area contributed by atoms with Gasteiger partial charge in [-0.2, -0.15) is 13.9 Å². The van der Waals surface area contributed by atoms with Gasteiger partial charge in [-0.1, -0.05) is 26.0 Å². The zero-order valence-electron chi connectivity index (χ0n) is 13.4. The predicted octanol–water partition coefficient (Wildman–Crippen LogP) is 3.07. The van der Waals surface area contributed by atoms with Crippen LogP contribution in [0.3, 0.4) is 0 Å². The first-order valence-corrected chi connectivity index (χ1v) is 7.35. The number of alkyl halides is 2. The third-order valence-corrected chi connectivity index (χ3v) is 3.92. The monoisotopic (exact) mass is 325 g/mol. The second-order valence-electron chi connectivity index (χ2n) is 6.25. The quantitative estimate of drug-likeness (QED) is 0.850. The zero-order valence-corrected chi connectivity index (χ0v) is 13.4. The molecule has 2 unspecified atom stereocenters. The van der Waals surface area contributed by atoms with E-state index in [-0.39, 0.29) is 11.8 Å². The Morgan fingerprint density at radius 1 is 1.26 bits per heavy atom. The minimum Gasteiger partial charge on any atom is -0.435 e. The molecule has 126 valence electrons. The lowest BCUT2D eigenvalue weighted by atomic mass is 9.78. The van der Waals surface area contributed by atoms with Crippen molar-refractivity contribution >= 4 is 0 Å². The Hall–Kier alpha value is -2.02. The van der Waals surface area contributed by atoms with Crippen LogP contribution in [0.25, 0.3) is 0 Å². The van der Waals surface area contributed by atoms with Crippen LogP contribution in [-0.4, -0.2) is 32.6 Å². The molecule has 0 aliphatic carbocycles. The minimum absolute atomic E-state index is 0.123. The Morgan fingerprint density at radius 3 is 2.43 bits per heavy atom. The molecular formula is C16H21F2N3O2. The van der Waals surface area contributed by atoms with E-state index in [1.807, 2.05) is 20.8 Å². The van der Waals surface area contributed by atoms with Gasteiger partial charge in [-0.05, 0) is 36.5 Å². The number of hydrogen-bond donors (Lipinski definition) is 1. The average molecular weight is 325 g/mol. The van der Waals surface area contributed by atoms with Gasteiger partial charge in [0.05, 0.1) is 12.1 Å². The second-order valence-corrected chi connectivity index (χ2v) is 6.25. The van der Waals surface area contributed by atoms with Crippen LogP contribution >= 0.6 is 0 Å². The maximum absolute atomic E-state index is 12.2. The highest BCUT2D eigenvalue weighted by molar-refractivity contribution is 5.28. The average Bonchev–Trinajstić information content (AvgIpc) is 3.01. The van der Waals surface area contributed by atoms with Crippen molar-refractivity contribution in [1.82, 2.24) is 14.8 Å². The van der Waals surface area contributed by atoms with Gasteiger partial charge < -0.3 is 9.84 Å². The summed E-state index contributed by atoms with van der Waals surface area (Å²) in [6, 6.07) is 6.24. The second kappa shape index (κ2) is 7.04. The number of ether oxygens (including phenoxy) is 1. The maximum Gasteiger partial charge on any atom is 0.387 e. The Morgan fingerprint density at radius 2 is 1.91 bits per heavy atom. The van der Waals surface area contributed by atoms with Gasteiger partial charge in [0.1, 0.15) is 18.4 Å². The molecule has 1 N–H and O–H groups in total. The third-order valence-electron chi connectivity index (χ3n) is 3.92. The molecular weight excluding hydrogens is 304 g/mol. The first kappa shape index (κ1) is 17.3. The van der Waals surface area contributed by atoms with Crippen LogP contribution in [0.1, 0.15) is 32.4 Å². The van der Waals surface area contributed by atoms with Crippen molar-refractivity contribution in [3.63, 3.8) is 0 Å². The topological polar surface area (TPSA) is 60.2 Å².